The van der Waals surface area contributed by atoms with Crippen molar-refractivity contribution in [3.8, 4) is 0 Å². The van der Waals surface area contributed by atoms with E-state index in [0.717, 1.165) is 12.8 Å². The molecule has 1 saturated carbocycles. The van der Waals surface area contributed by atoms with Crippen LogP contribution in [0.2, 0.25) is 0 Å². The molecule has 0 aromatic heterocycles. The first-order valence-corrected chi connectivity index (χ1v) is 4.64. The number of hydrogen-bond donors (Lipinski definition) is 1. The van der Waals surface area contributed by atoms with Gasteiger partial charge in [-0.05, 0) is 18.8 Å². The fourth-order valence-electron chi connectivity index (χ4n) is 1.93. The molecule has 13 heavy (non-hydrogen) atoms. The van der Waals surface area contributed by atoms with Gasteiger partial charge in [-0.1, -0.05) is 19.8 Å². The van der Waals surface area contributed by atoms with Gasteiger partial charge in [-0.15, -0.1) is 12.4 Å². The molecule has 1 N–H and O–H groups in total. The fourth-order valence-corrected chi connectivity index (χ4v) is 1.93. The molecule has 0 aromatic carbocycles. The second-order valence-electron chi connectivity index (χ2n) is 3.70. The Kier molecular flexibility index (Phi) is 2.96. The average Bonchev–Trinajstić information content (AvgIpc) is 2.64. The van der Waals surface area contributed by atoms with Crippen LogP contribution in [0.3, 0.4) is 0 Å². The summed E-state index contributed by atoms with van der Waals surface area (Å²) in [5.74, 6) is 0.639. The van der Waals surface area contributed by atoms with Crippen molar-refractivity contribution in [3.05, 3.63) is 0 Å². The van der Waals surface area contributed by atoms with Gasteiger partial charge in [0.05, 0.1) is 6.34 Å². The molecule has 0 radical (unpaired) electrons. The standard InChI is InChI=1S/C9H14N2O.ClH/c1-2-3-4-7-5-9(7)8(12)10-6-11-9;/h6-7H,2-5H2,1H3,(H,10,11,12);1H. The van der Waals surface area contributed by atoms with Crippen LogP contribution in [0.15, 0.2) is 4.99 Å². The lowest BCUT2D eigenvalue weighted by atomic mass is 10.1. The summed E-state index contributed by atoms with van der Waals surface area (Å²) in [6, 6.07) is 0. The van der Waals surface area contributed by atoms with Crippen LogP contribution < -0.4 is 5.32 Å². The van der Waals surface area contributed by atoms with Gasteiger partial charge in [0.1, 0.15) is 5.54 Å². The largest absolute Gasteiger partial charge is 0.315 e. The van der Waals surface area contributed by atoms with Crippen molar-refractivity contribution in [1.29, 1.82) is 0 Å². The quantitative estimate of drug-likeness (QED) is 0.741. The molecule has 0 saturated heterocycles. The van der Waals surface area contributed by atoms with Gasteiger partial charge in [-0.3, -0.25) is 9.79 Å². The van der Waals surface area contributed by atoms with Crippen molar-refractivity contribution in [2.75, 3.05) is 0 Å². The Hall–Kier alpha value is -0.570. The second-order valence-corrected chi connectivity index (χ2v) is 3.70. The van der Waals surface area contributed by atoms with Crippen molar-refractivity contribution in [2.24, 2.45) is 10.9 Å². The van der Waals surface area contributed by atoms with Gasteiger partial charge in [-0.2, -0.15) is 0 Å². The lowest BCUT2D eigenvalue weighted by molar-refractivity contribution is -0.121. The SMILES string of the molecule is CCCCC1CC12N=CNC2=O.Cl. The number of carbonyl (C=O) groups is 1. The molecular formula is C9H15ClN2O. The highest BCUT2D eigenvalue weighted by Gasteiger charge is 2.61. The summed E-state index contributed by atoms with van der Waals surface area (Å²) in [6.07, 6.45) is 6.10. The topological polar surface area (TPSA) is 41.5 Å². The van der Waals surface area contributed by atoms with Gasteiger partial charge in [-0.25, -0.2) is 0 Å². The summed E-state index contributed by atoms with van der Waals surface area (Å²) in [7, 11) is 0. The highest BCUT2D eigenvalue weighted by atomic mass is 35.5. The smallest absolute Gasteiger partial charge is 0.253 e. The fraction of sp³-hybridized carbons (Fsp3) is 0.778. The number of nitrogens with zero attached hydrogens (tertiary/aromatic N) is 1. The maximum absolute atomic E-state index is 11.3. The Morgan fingerprint density at radius 2 is 2.54 bits per heavy atom. The van der Waals surface area contributed by atoms with Crippen LogP contribution in [0, 0.1) is 5.92 Å². The lowest BCUT2D eigenvalue weighted by Crippen LogP contribution is -2.27. The van der Waals surface area contributed by atoms with Crippen LogP contribution in [0.4, 0.5) is 0 Å². The maximum Gasteiger partial charge on any atom is 0.253 e. The molecule has 2 unspecified atom stereocenters. The molecule has 4 heteroatoms. The van der Waals surface area contributed by atoms with E-state index in [9.17, 15) is 4.79 Å². The van der Waals surface area contributed by atoms with Crippen LogP contribution in [0.25, 0.3) is 0 Å². The summed E-state index contributed by atoms with van der Waals surface area (Å²) in [4.78, 5) is 15.5. The minimum absolute atomic E-state index is 0. The van der Waals surface area contributed by atoms with Gasteiger partial charge >= 0.3 is 0 Å². The van der Waals surface area contributed by atoms with Gasteiger partial charge in [0.2, 0.25) is 0 Å². The van der Waals surface area contributed by atoms with Crippen molar-refractivity contribution in [2.45, 2.75) is 38.1 Å². The number of unbranched alkanes of at least 4 members (excludes halogenated alkanes) is 1. The van der Waals surface area contributed by atoms with Crippen molar-refractivity contribution < 1.29 is 4.79 Å². The van der Waals surface area contributed by atoms with Crippen LogP contribution >= 0.6 is 12.4 Å². The minimum atomic E-state index is -0.310. The third-order valence-electron chi connectivity index (χ3n) is 2.86. The summed E-state index contributed by atoms with van der Waals surface area (Å²) in [6.45, 7) is 2.17. The summed E-state index contributed by atoms with van der Waals surface area (Å²) < 4.78 is 0. The summed E-state index contributed by atoms with van der Waals surface area (Å²) in [5.41, 5.74) is -0.310. The van der Waals surface area contributed by atoms with Crippen molar-refractivity contribution in [1.82, 2.24) is 5.32 Å². The summed E-state index contributed by atoms with van der Waals surface area (Å²) >= 11 is 0. The molecule has 1 aliphatic carbocycles. The molecule has 74 valence electrons. The van der Waals surface area contributed by atoms with Gasteiger partial charge in [0.25, 0.3) is 5.91 Å². The number of amides is 1. The third-order valence-corrected chi connectivity index (χ3v) is 2.86. The monoisotopic (exact) mass is 202 g/mol. The van der Waals surface area contributed by atoms with E-state index in [1.165, 1.54) is 12.8 Å². The number of aliphatic imine (C=N–C) groups is 1. The Morgan fingerprint density at radius 3 is 3.08 bits per heavy atom. The second kappa shape index (κ2) is 3.66. The third kappa shape index (κ3) is 1.57. The molecule has 1 aliphatic heterocycles. The molecule has 1 amide bonds. The summed E-state index contributed by atoms with van der Waals surface area (Å²) in [5, 5.41) is 2.65. The van der Waals surface area contributed by atoms with Gasteiger partial charge in [0.15, 0.2) is 0 Å². The van der Waals surface area contributed by atoms with E-state index >= 15 is 0 Å². The number of hydrogen-bond acceptors (Lipinski definition) is 2. The highest BCUT2D eigenvalue weighted by molar-refractivity contribution is 6.02. The number of halogens is 1. The number of rotatable bonds is 3. The lowest BCUT2D eigenvalue weighted by Gasteiger charge is -2.02. The zero-order valence-electron chi connectivity index (χ0n) is 7.75. The van der Waals surface area contributed by atoms with E-state index < -0.39 is 0 Å². The van der Waals surface area contributed by atoms with E-state index in [1.807, 2.05) is 0 Å². The van der Waals surface area contributed by atoms with Crippen LogP contribution in [-0.2, 0) is 4.79 Å². The van der Waals surface area contributed by atoms with Crippen molar-refractivity contribution >= 4 is 24.7 Å². The Balaban J connectivity index is 0.000000845. The van der Waals surface area contributed by atoms with E-state index in [2.05, 4.69) is 17.2 Å². The Labute approximate surface area is 84.4 Å². The maximum atomic E-state index is 11.3. The molecule has 1 spiro atoms. The van der Waals surface area contributed by atoms with E-state index in [0.29, 0.717) is 5.92 Å². The molecule has 2 aliphatic rings. The molecule has 2 rings (SSSR count). The first-order chi connectivity index (χ1) is 5.79. The minimum Gasteiger partial charge on any atom is -0.315 e. The van der Waals surface area contributed by atoms with E-state index in [4.69, 9.17) is 0 Å². The van der Waals surface area contributed by atoms with Gasteiger partial charge in [0, 0.05) is 0 Å². The van der Waals surface area contributed by atoms with Crippen LogP contribution in [0.5, 0.6) is 0 Å². The highest BCUT2D eigenvalue weighted by Crippen LogP contribution is 2.51. The molecule has 1 heterocycles. The molecule has 0 aromatic rings. The zero-order chi connectivity index (χ0) is 8.60. The Bertz CT molecular complexity index is 242. The van der Waals surface area contributed by atoms with E-state index in [-0.39, 0.29) is 23.9 Å². The predicted octanol–water partition coefficient (Wildman–Crippen LogP) is 1.52. The van der Waals surface area contributed by atoms with E-state index in [1.54, 1.807) is 6.34 Å². The van der Waals surface area contributed by atoms with Crippen LogP contribution in [0.1, 0.15) is 32.6 Å². The molecule has 1 fully saturated rings. The average molecular weight is 203 g/mol. The number of nitrogens with one attached hydrogen (secondary N) is 1. The first kappa shape index (κ1) is 10.5. The normalized spacial score (nSPS) is 34.5. The molecule has 3 nitrogen and oxygen atoms in total. The van der Waals surface area contributed by atoms with Crippen molar-refractivity contribution in [3.63, 3.8) is 0 Å². The molecular weight excluding hydrogens is 188 g/mol. The molecule has 0 bridgehead atoms. The number of carbonyl (C=O) groups excluding carboxylic acids is 1. The molecule has 2 atom stereocenters. The predicted molar refractivity (Wildman–Crippen MR) is 54.2 cm³/mol. The van der Waals surface area contributed by atoms with Gasteiger partial charge < -0.3 is 5.32 Å². The first-order valence-electron chi connectivity index (χ1n) is 4.64. The Morgan fingerprint density at radius 1 is 1.77 bits per heavy atom. The van der Waals surface area contributed by atoms with Crippen LogP contribution in [-0.4, -0.2) is 17.8 Å². The zero-order valence-corrected chi connectivity index (χ0v) is 8.56.